The van der Waals surface area contributed by atoms with E-state index in [0.29, 0.717) is 11.6 Å². The van der Waals surface area contributed by atoms with E-state index in [1.165, 1.54) is 38.8 Å². The van der Waals surface area contributed by atoms with Gasteiger partial charge in [0.15, 0.2) is 0 Å². The van der Waals surface area contributed by atoms with E-state index in [-0.39, 0.29) is 0 Å². The Hall–Kier alpha value is -0.380. The lowest BCUT2D eigenvalue weighted by Gasteiger charge is -2.45. The van der Waals surface area contributed by atoms with E-state index in [9.17, 15) is 0 Å². The normalized spacial score (nSPS) is 30.4. The SMILES string of the molecule is CCCC(c1cccs1)N1CCNC(C)(C2CC2)C1. The topological polar surface area (TPSA) is 15.3 Å². The van der Waals surface area contributed by atoms with Gasteiger partial charge >= 0.3 is 0 Å². The Balaban J connectivity index is 1.74. The van der Waals surface area contributed by atoms with Gasteiger partial charge in [-0.3, -0.25) is 4.90 Å². The van der Waals surface area contributed by atoms with Gasteiger partial charge in [0.2, 0.25) is 0 Å². The zero-order valence-electron chi connectivity index (χ0n) is 12.2. The predicted octanol–water partition coefficient (Wildman–Crippen LogP) is 3.66. The first-order valence-electron chi connectivity index (χ1n) is 7.75. The molecule has 1 aromatic heterocycles. The van der Waals surface area contributed by atoms with Crippen molar-refractivity contribution in [1.82, 2.24) is 10.2 Å². The van der Waals surface area contributed by atoms with Crippen LogP contribution in [0.5, 0.6) is 0 Å². The van der Waals surface area contributed by atoms with Crippen LogP contribution in [0.15, 0.2) is 17.5 Å². The molecule has 2 nitrogen and oxygen atoms in total. The molecule has 2 aliphatic rings. The molecule has 1 aliphatic heterocycles. The van der Waals surface area contributed by atoms with Crippen molar-refractivity contribution in [1.29, 1.82) is 0 Å². The maximum atomic E-state index is 3.79. The fourth-order valence-electron chi connectivity index (χ4n) is 3.56. The van der Waals surface area contributed by atoms with Crippen LogP contribution in [-0.4, -0.2) is 30.1 Å². The maximum Gasteiger partial charge on any atom is 0.0442 e. The Bertz CT molecular complexity index is 399. The molecule has 3 rings (SSSR count). The van der Waals surface area contributed by atoms with E-state index < -0.39 is 0 Å². The highest BCUT2D eigenvalue weighted by atomic mass is 32.1. The van der Waals surface area contributed by atoms with Gasteiger partial charge in [-0.2, -0.15) is 0 Å². The molecular weight excluding hydrogens is 252 g/mol. The summed E-state index contributed by atoms with van der Waals surface area (Å²) in [5.74, 6) is 0.918. The van der Waals surface area contributed by atoms with Gasteiger partial charge in [-0.05, 0) is 43.6 Å². The number of rotatable bonds is 5. The Kier molecular flexibility index (Phi) is 3.97. The number of hydrogen-bond donors (Lipinski definition) is 1. The lowest BCUT2D eigenvalue weighted by atomic mass is 9.91. The molecule has 2 unspecified atom stereocenters. The molecule has 2 atom stereocenters. The van der Waals surface area contributed by atoms with Crippen LogP contribution in [0.4, 0.5) is 0 Å². The average Bonchev–Trinajstić information content (AvgIpc) is 3.14. The second-order valence-corrected chi connectivity index (χ2v) is 7.39. The largest absolute Gasteiger partial charge is 0.309 e. The maximum absolute atomic E-state index is 3.79. The smallest absolute Gasteiger partial charge is 0.0442 e. The van der Waals surface area contributed by atoms with Crippen LogP contribution in [0.3, 0.4) is 0 Å². The third kappa shape index (κ3) is 2.88. The molecule has 0 radical (unpaired) electrons. The van der Waals surface area contributed by atoms with E-state index in [0.717, 1.165) is 12.5 Å². The predicted molar refractivity (Wildman–Crippen MR) is 82.7 cm³/mol. The van der Waals surface area contributed by atoms with Gasteiger partial charge in [-0.1, -0.05) is 19.4 Å². The second kappa shape index (κ2) is 5.55. The number of hydrogen-bond acceptors (Lipinski definition) is 3. The van der Waals surface area contributed by atoms with Gasteiger partial charge in [0.25, 0.3) is 0 Å². The minimum Gasteiger partial charge on any atom is -0.309 e. The van der Waals surface area contributed by atoms with Gasteiger partial charge in [-0.25, -0.2) is 0 Å². The standard InChI is InChI=1S/C16H26N2S/c1-3-5-14(15-6-4-11-19-15)18-10-9-17-16(2,12-18)13-7-8-13/h4,6,11,13-14,17H,3,5,7-10,12H2,1-2H3. The minimum atomic E-state index is 0.363. The quantitative estimate of drug-likeness (QED) is 0.884. The Morgan fingerprint density at radius 1 is 1.53 bits per heavy atom. The van der Waals surface area contributed by atoms with Crippen molar-refractivity contribution in [3.8, 4) is 0 Å². The molecule has 2 fully saturated rings. The van der Waals surface area contributed by atoms with Crippen LogP contribution < -0.4 is 5.32 Å². The van der Waals surface area contributed by atoms with E-state index >= 15 is 0 Å². The van der Waals surface area contributed by atoms with Crippen LogP contribution in [0.2, 0.25) is 0 Å². The van der Waals surface area contributed by atoms with Crippen molar-refractivity contribution in [2.45, 2.75) is 51.1 Å². The van der Waals surface area contributed by atoms with Gasteiger partial charge < -0.3 is 5.32 Å². The Labute approximate surface area is 121 Å². The van der Waals surface area contributed by atoms with Crippen LogP contribution in [-0.2, 0) is 0 Å². The summed E-state index contributed by atoms with van der Waals surface area (Å²) in [4.78, 5) is 4.30. The van der Waals surface area contributed by atoms with Crippen molar-refractivity contribution in [3.63, 3.8) is 0 Å². The molecular formula is C16H26N2S. The Morgan fingerprint density at radius 3 is 3.00 bits per heavy atom. The van der Waals surface area contributed by atoms with Crippen molar-refractivity contribution in [3.05, 3.63) is 22.4 Å². The summed E-state index contributed by atoms with van der Waals surface area (Å²) in [6.07, 6.45) is 5.41. The summed E-state index contributed by atoms with van der Waals surface area (Å²) in [6, 6.07) is 5.16. The molecule has 0 spiro atoms. The molecule has 1 saturated carbocycles. The molecule has 0 bridgehead atoms. The number of piperazine rings is 1. The van der Waals surface area contributed by atoms with Crippen molar-refractivity contribution >= 4 is 11.3 Å². The van der Waals surface area contributed by atoms with Gasteiger partial charge in [0.05, 0.1) is 0 Å². The van der Waals surface area contributed by atoms with Crippen LogP contribution in [0.25, 0.3) is 0 Å². The molecule has 0 amide bonds. The van der Waals surface area contributed by atoms with Crippen molar-refractivity contribution < 1.29 is 0 Å². The molecule has 1 aromatic rings. The molecule has 1 N–H and O–H groups in total. The van der Waals surface area contributed by atoms with Crippen LogP contribution in [0.1, 0.15) is 50.4 Å². The van der Waals surface area contributed by atoms with Crippen molar-refractivity contribution in [2.24, 2.45) is 5.92 Å². The fraction of sp³-hybridized carbons (Fsp3) is 0.750. The lowest BCUT2D eigenvalue weighted by molar-refractivity contribution is 0.0847. The summed E-state index contributed by atoms with van der Waals surface area (Å²) >= 11 is 1.93. The third-order valence-electron chi connectivity index (χ3n) is 4.81. The minimum absolute atomic E-state index is 0.363. The van der Waals surface area contributed by atoms with Gasteiger partial charge in [-0.15, -0.1) is 11.3 Å². The zero-order valence-corrected chi connectivity index (χ0v) is 13.0. The first kappa shape index (κ1) is 13.6. The molecule has 1 saturated heterocycles. The average molecular weight is 278 g/mol. The molecule has 2 heterocycles. The molecule has 1 aliphatic carbocycles. The highest BCUT2D eigenvalue weighted by molar-refractivity contribution is 7.10. The molecule has 106 valence electrons. The van der Waals surface area contributed by atoms with Crippen molar-refractivity contribution in [2.75, 3.05) is 19.6 Å². The Morgan fingerprint density at radius 2 is 2.37 bits per heavy atom. The van der Waals surface area contributed by atoms with E-state index in [1.807, 2.05) is 11.3 Å². The second-order valence-electron chi connectivity index (χ2n) is 6.41. The molecule has 3 heteroatoms. The highest BCUT2D eigenvalue weighted by Gasteiger charge is 2.44. The summed E-state index contributed by atoms with van der Waals surface area (Å²) < 4.78 is 0. The van der Waals surface area contributed by atoms with Gasteiger partial charge in [0.1, 0.15) is 0 Å². The number of thiophene rings is 1. The lowest BCUT2D eigenvalue weighted by Crippen LogP contribution is -2.60. The third-order valence-corrected chi connectivity index (χ3v) is 5.79. The summed E-state index contributed by atoms with van der Waals surface area (Å²) in [7, 11) is 0. The van der Waals surface area contributed by atoms with E-state index in [2.05, 4.69) is 41.6 Å². The number of nitrogens with zero attached hydrogens (tertiary/aromatic N) is 1. The monoisotopic (exact) mass is 278 g/mol. The zero-order chi connectivity index (χ0) is 13.3. The first-order chi connectivity index (χ1) is 9.23. The summed E-state index contributed by atoms with van der Waals surface area (Å²) in [5.41, 5.74) is 0.363. The first-order valence-corrected chi connectivity index (χ1v) is 8.63. The fourth-order valence-corrected chi connectivity index (χ4v) is 4.46. The molecule has 19 heavy (non-hydrogen) atoms. The summed E-state index contributed by atoms with van der Waals surface area (Å²) in [6.45, 7) is 8.32. The van der Waals surface area contributed by atoms with Crippen LogP contribution in [0, 0.1) is 5.92 Å². The molecule has 0 aromatic carbocycles. The van der Waals surface area contributed by atoms with E-state index in [4.69, 9.17) is 0 Å². The van der Waals surface area contributed by atoms with Crippen LogP contribution >= 0.6 is 11.3 Å². The summed E-state index contributed by atoms with van der Waals surface area (Å²) in [5, 5.41) is 6.01. The van der Waals surface area contributed by atoms with E-state index in [1.54, 1.807) is 4.88 Å². The highest BCUT2D eigenvalue weighted by Crippen LogP contribution is 2.42. The number of nitrogens with one attached hydrogen (secondary N) is 1. The van der Waals surface area contributed by atoms with Gasteiger partial charge in [0, 0.05) is 36.1 Å².